The minimum Gasteiger partial charge on any atom is -0.384 e. The van der Waals surface area contributed by atoms with Crippen molar-refractivity contribution in [2.45, 2.75) is 24.2 Å². The van der Waals surface area contributed by atoms with E-state index in [0.717, 1.165) is 24.0 Å². The number of carbonyl (C=O) groups excluding carboxylic acids is 1. The second-order valence-corrected chi connectivity index (χ2v) is 9.26. The summed E-state index contributed by atoms with van der Waals surface area (Å²) in [5.74, 6) is 0.101. The van der Waals surface area contributed by atoms with Gasteiger partial charge in [0.25, 0.3) is 5.91 Å². The zero-order valence-electron chi connectivity index (χ0n) is 17.7. The van der Waals surface area contributed by atoms with Crippen LogP contribution in [-0.2, 0) is 14.8 Å². The third-order valence-electron chi connectivity index (χ3n) is 5.52. The van der Waals surface area contributed by atoms with Crippen LogP contribution < -0.4 is 16.2 Å². The fourth-order valence-corrected chi connectivity index (χ4v) is 4.72. The number of rotatable bonds is 6. The Labute approximate surface area is 191 Å². The number of hydrogen-bond donors (Lipinski definition) is 4. The topological polar surface area (TPSA) is 152 Å². The third kappa shape index (κ3) is 4.84. The van der Waals surface area contributed by atoms with Gasteiger partial charge in [0.05, 0.1) is 4.90 Å². The van der Waals surface area contributed by atoms with Gasteiger partial charge in [0.2, 0.25) is 10.0 Å². The summed E-state index contributed by atoms with van der Waals surface area (Å²) in [7, 11) is -3.89. The van der Waals surface area contributed by atoms with E-state index < -0.39 is 10.0 Å². The molecular weight excluding hydrogens is 438 g/mol. The average Bonchev–Trinajstić information content (AvgIpc) is 3.29. The van der Waals surface area contributed by atoms with Crippen LogP contribution in [0.3, 0.4) is 0 Å². The summed E-state index contributed by atoms with van der Waals surface area (Å²) in [5.41, 5.74) is 9.73. The maximum Gasteiger partial charge on any atom is 0.253 e. The van der Waals surface area contributed by atoms with E-state index in [0.29, 0.717) is 34.5 Å². The number of nitrogens with zero attached hydrogens (tertiary/aromatic N) is 1. The van der Waals surface area contributed by atoms with Gasteiger partial charge in [0.1, 0.15) is 11.7 Å². The smallest absolute Gasteiger partial charge is 0.253 e. The first-order valence-electron chi connectivity index (χ1n) is 10.3. The molecule has 6 N–H and O–H groups in total. The molecule has 0 spiro atoms. The molecule has 0 saturated carbocycles. The lowest BCUT2D eigenvalue weighted by Gasteiger charge is -2.11. The summed E-state index contributed by atoms with van der Waals surface area (Å²) in [6.07, 6.45) is 3.77. The molecule has 1 aromatic heterocycles. The van der Waals surface area contributed by atoms with Crippen LogP contribution in [0.15, 0.2) is 77.3 Å². The van der Waals surface area contributed by atoms with E-state index in [1.54, 1.807) is 36.4 Å². The van der Waals surface area contributed by atoms with E-state index in [2.05, 4.69) is 10.3 Å². The number of hydrogen-bond acceptors (Lipinski definition) is 5. The van der Waals surface area contributed by atoms with Crippen molar-refractivity contribution in [3.8, 4) is 11.1 Å². The van der Waals surface area contributed by atoms with Gasteiger partial charge in [-0.25, -0.2) is 18.5 Å². The Morgan fingerprint density at radius 2 is 1.79 bits per heavy atom. The Kier molecular flexibility index (Phi) is 6.08. The number of nitrogen functional groups attached to an aromatic ring is 1. The van der Waals surface area contributed by atoms with E-state index in [4.69, 9.17) is 16.3 Å². The molecule has 33 heavy (non-hydrogen) atoms. The molecule has 1 amide bonds. The molecule has 0 bridgehead atoms. The van der Waals surface area contributed by atoms with Crippen molar-refractivity contribution in [1.82, 2.24) is 4.98 Å². The van der Waals surface area contributed by atoms with Gasteiger partial charge in [0.15, 0.2) is 0 Å². The van der Waals surface area contributed by atoms with Crippen molar-refractivity contribution in [1.29, 1.82) is 5.41 Å². The summed E-state index contributed by atoms with van der Waals surface area (Å²) in [4.78, 5) is 17.3. The summed E-state index contributed by atoms with van der Waals surface area (Å²) < 4.78 is 23.7. The van der Waals surface area contributed by atoms with Gasteiger partial charge in [0, 0.05) is 28.5 Å². The predicted molar refractivity (Wildman–Crippen MR) is 128 cm³/mol. The quantitative estimate of drug-likeness (QED) is 0.328. The van der Waals surface area contributed by atoms with E-state index in [1.807, 2.05) is 18.2 Å². The first kappa shape index (κ1) is 22.4. The molecule has 0 fully saturated rings. The van der Waals surface area contributed by atoms with E-state index in [1.165, 1.54) is 12.3 Å². The second kappa shape index (κ2) is 8.97. The number of primary sulfonamides is 1. The molecular formula is C24H23N5O3S. The Hall–Kier alpha value is -3.82. The standard InChI is InChI=1S/C24H23N5O3S/c25-23(26)16-6-3-5-15(13-16)18-8-4-9-20(18)24(30)29-22-12-11-17(14-28-22)19-7-1-2-10-21(19)33(27,31)32/h1-3,5-7,10-14H,4,8-9H2,(H3,25,26)(H2,27,31,32)(H,28,29,30). The van der Waals surface area contributed by atoms with Gasteiger partial charge < -0.3 is 11.1 Å². The van der Waals surface area contributed by atoms with Gasteiger partial charge >= 0.3 is 0 Å². The lowest BCUT2D eigenvalue weighted by molar-refractivity contribution is -0.112. The van der Waals surface area contributed by atoms with Crippen molar-refractivity contribution in [2.24, 2.45) is 10.9 Å². The highest BCUT2D eigenvalue weighted by Gasteiger charge is 2.23. The highest BCUT2D eigenvalue weighted by atomic mass is 32.2. The number of allylic oxidation sites excluding steroid dienone is 1. The maximum atomic E-state index is 13.0. The first-order valence-corrected chi connectivity index (χ1v) is 11.8. The molecule has 8 nitrogen and oxygen atoms in total. The number of pyridine rings is 1. The summed E-state index contributed by atoms with van der Waals surface area (Å²) in [5, 5.41) is 15.8. The number of anilines is 1. The average molecular weight is 462 g/mol. The summed E-state index contributed by atoms with van der Waals surface area (Å²) in [6, 6.07) is 17.1. The molecule has 0 saturated heterocycles. The molecule has 0 atom stereocenters. The fourth-order valence-electron chi connectivity index (χ4n) is 3.96. The van der Waals surface area contributed by atoms with Crippen LogP contribution in [0.5, 0.6) is 0 Å². The lowest BCUT2D eigenvalue weighted by Crippen LogP contribution is -2.15. The van der Waals surface area contributed by atoms with Gasteiger partial charge in [-0.3, -0.25) is 10.2 Å². The largest absolute Gasteiger partial charge is 0.384 e. The van der Waals surface area contributed by atoms with Crippen molar-refractivity contribution < 1.29 is 13.2 Å². The number of carbonyl (C=O) groups is 1. The van der Waals surface area contributed by atoms with E-state index in [9.17, 15) is 13.2 Å². The zero-order valence-corrected chi connectivity index (χ0v) is 18.5. The third-order valence-corrected chi connectivity index (χ3v) is 6.49. The summed E-state index contributed by atoms with van der Waals surface area (Å²) >= 11 is 0. The zero-order chi connectivity index (χ0) is 23.6. The normalized spacial score (nSPS) is 13.7. The van der Waals surface area contributed by atoms with Gasteiger partial charge in [-0.05, 0) is 54.7 Å². The molecule has 1 aliphatic rings. The van der Waals surface area contributed by atoms with Crippen molar-refractivity contribution in [3.63, 3.8) is 0 Å². The molecule has 4 rings (SSSR count). The van der Waals surface area contributed by atoms with E-state index >= 15 is 0 Å². The number of nitrogens with one attached hydrogen (secondary N) is 2. The van der Waals surface area contributed by atoms with Crippen LogP contribution in [0.25, 0.3) is 16.7 Å². The molecule has 168 valence electrons. The molecule has 1 aliphatic carbocycles. The molecule has 0 unspecified atom stereocenters. The highest BCUT2D eigenvalue weighted by molar-refractivity contribution is 7.89. The number of sulfonamides is 1. The maximum absolute atomic E-state index is 13.0. The second-order valence-electron chi connectivity index (χ2n) is 7.73. The van der Waals surface area contributed by atoms with Gasteiger partial charge in [-0.2, -0.15) is 0 Å². The van der Waals surface area contributed by atoms with Crippen LogP contribution in [-0.4, -0.2) is 25.1 Å². The van der Waals surface area contributed by atoms with Crippen LogP contribution in [0.1, 0.15) is 30.4 Å². The van der Waals surface area contributed by atoms with Crippen molar-refractivity contribution in [3.05, 3.63) is 83.6 Å². The molecule has 0 radical (unpaired) electrons. The fraction of sp³-hybridized carbons (Fsp3) is 0.125. The van der Waals surface area contributed by atoms with E-state index in [-0.39, 0.29) is 16.6 Å². The van der Waals surface area contributed by atoms with Crippen molar-refractivity contribution >= 4 is 33.2 Å². The Morgan fingerprint density at radius 1 is 1.00 bits per heavy atom. The SMILES string of the molecule is N=C(N)c1cccc(C2=C(C(=O)Nc3ccc(-c4ccccc4S(N)(=O)=O)cn3)CCC2)c1. The van der Waals surface area contributed by atoms with Crippen LogP contribution >= 0.6 is 0 Å². The minimum atomic E-state index is -3.89. The monoisotopic (exact) mass is 461 g/mol. The van der Waals surface area contributed by atoms with Gasteiger partial charge in [-0.15, -0.1) is 0 Å². The van der Waals surface area contributed by atoms with Crippen molar-refractivity contribution in [2.75, 3.05) is 5.32 Å². The predicted octanol–water partition coefficient (Wildman–Crippen LogP) is 3.26. The Morgan fingerprint density at radius 3 is 2.48 bits per heavy atom. The molecule has 3 aromatic rings. The first-order chi connectivity index (χ1) is 15.7. The number of benzene rings is 2. The Bertz CT molecular complexity index is 1380. The van der Waals surface area contributed by atoms with Crippen LogP contribution in [0.2, 0.25) is 0 Å². The molecule has 2 aromatic carbocycles. The lowest BCUT2D eigenvalue weighted by atomic mass is 9.99. The number of amides is 1. The molecule has 9 heteroatoms. The van der Waals surface area contributed by atoms with Crippen LogP contribution in [0, 0.1) is 5.41 Å². The number of aromatic nitrogens is 1. The molecule has 1 heterocycles. The number of nitrogens with two attached hydrogens (primary N) is 2. The minimum absolute atomic E-state index is 0.0112. The van der Waals surface area contributed by atoms with Crippen LogP contribution in [0.4, 0.5) is 5.82 Å². The Balaban J connectivity index is 1.58. The highest BCUT2D eigenvalue weighted by Crippen LogP contribution is 2.35. The molecule has 0 aliphatic heterocycles. The number of amidine groups is 1. The van der Waals surface area contributed by atoms with Gasteiger partial charge in [-0.1, -0.05) is 36.4 Å². The summed E-state index contributed by atoms with van der Waals surface area (Å²) in [6.45, 7) is 0.